The Kier molecular flexibility index (Phi) is 7.75. The molecule has 4 nitrogen and oxygen atoms in total. The smallest absolute Gasteiger partial charge is 0.331 e. The van der Waals surface area contributed by atoms with Crippen molar-refractivity contribution in [3.8, 4) is 0 Å². The first kappa shape index (κ1) is 20.1. The van der Waals surface area contributed by atoms with Crippen LogP contribution in [-0.4, -0.2) is 24.2 Å². The van der Waals surface area contributed by atoms with Gasteiger partial charge in [-0.05, 0) is 48.6 Å². The maximum absolute atomic E-state index is 12.1. The highest BCUT2D eigenvalue weighted by molar-refractivity contribution is 7.98. The minimum absolute atomic E-state index is 0.276. The predicted octanol–water partition coefficient (Wildman–Crippen LogP) is 4.32. The number of esters is 1. The zero-order valence-electron chi connectivity index (χ0n) is 14.6. The average molecular weight is 390 g/mol. The topological polar surface area (TPSA) is 55.4 Å². The van der Waals surface area contributed by atoms with Crippen LogP contribution in [-0.2, 0) is 20.9 Å². The van der Waals surface area contributed by atoms with Crippen LogP contribution in [0.4, 0.5) is 0 Å². The van der Waals surface area contributed by atoms with E-state index in [4.69, 9.17) is 16.3 Å². The molecular formula is C20H20ClNO3S. The third-order valence-corrected chi connectivity index (χ3v) is 4.71. The van der Waals surface area contributed by atoms with Gasteiger partial charge in [-0.3, -0.25) is 4.79 Å². The van der Waals surface area contributed by atoms with Crippen LogP contribution in [0.15, 0.2) is 59.5 Å². The van der Waals surface area contributed by atoms with Crippen LogP contribution < -0.4 is 5.32 Å². The van der Waals surface area contributed by atoms with Crippen molar-refractivity contribution in [1.82, 2.24) is 5.32 Å². The summed E-state index contributed by atoms with van der Waals surface area (Å²) >= 11 is 7.69. The van der Waals surface area contributed by atoms with E-state index >= 15 is 0 Å². The molecule has 0 aliphatic heterocycles. The van der Waals surface area contributed by atoms with Crippen molar-refractivity contribution >= 4 is 41.3 Å². The normalized spacial score (nSPS) is 12.0. The lowest BCUT2D eigenvalue weighted by Crippen LogP contribution is -2.35. The van der Waals surface area contributed by atoms with E-state index in [1.54, 1.807) is 23.9 Å². The van der Waals surface area contributed by atoms with Gasteiger partial charge < -0.3 is 10.1 Å². The van der Waals surface area contributed by atoms with E-state index in [1.807, 2.05) is 48.7 Å². The molecule has 2 aromatic carbocycles. The number of amides is 1. The van der Waals surface area contributed by atoms with Gasteiger partial charge in [0, 0.05) is 22.5 Å². The summed E-state index contributed by atoms with van der Waals surface area (Å²) in [4.78, 5) is 25.1. The molecule has 136 valence electrons. The van der Waals surface area contributed by atoms with Crippen molar-refractivity contribution in [1.29, 1.82) is 0 Å². The zero-order chi connectivity index (χ0) is 18.9. The third kappa shape index (κ3) is 6.24. The number of hydrogen-bond acceptors (Lipinski definition) is 4. The highest BCUT2D eigenvalue weighted by Gasteiger charge is 2.16. The van der Waals surface area contributed by atoms with E-state index in [0.29, 0.717) is 5.02 Å². The molecule has 0 radical (unpaired) electrons. The van der Waals surface area contributed by atoms with Crippen molar-refractivity contribution < 1.29 is 14.3 Å². The molecule has 2 aromatic rings. The summed E-state index contributed by atoms with van der Waals surface area (Å²) in [5.41, 5.74) is 1.69. The summed E-state index contributed by atoms with van der Waals surface area (Å²) in [6, 6.07) is 15.0. The fraction of sp³-hybridized carbons (Fsp3) is 0.200. The van der Waals surface area contributed by atoms with E-state index in [9.17, 15) is 9.59 Å². The van der Waals surface area contributed by atoms with Gasteiger partial charge in [-0.25, -0.2) is 4.79 Å². The lowest BCUT2D eigenvalue weighted by atomic mass is 10.2. The van der Waals surface area contributed by atoms with Gasteiger partial charge in [0.25, 0.3) is 5.91 Å². The molecule has 0 spiro atoms. The summed E-state index contributed by atoms with van der Waals surface area (Å²) in [5.74, 6) is -0.949. The molecule has 0 bridgehead atoms. The first-order valence-electron chi connectivity index (χ1n) is 8.03. The number of carbonyl (C=O) groups is 2. The molecule has 6 heteroatoms. The summed E-state index contributed by atoms with van der Waals surface area (Å²) in [5, 5.41) is 3.28. The van der Waals surface area contributed by atoms with Crippen molar-refractivity contribution in [2.24, 2.45) is 0 Å². The summed E-state index contributed by atoms with van der Waals surface area (Å²) in [6.45, 7) is 1.80. The number of halogens is 1. The number of hydrogen-bond donors (Lipinski definition) is 1. The predicted molar refractivity (Wildman–Crippen MR) is 106 cm³/mol. The molecule has 1 N–H and O–H groups in total. The van der Waals surface area contributed by atoms with Gasteiger partial charge in [0.05, 0.1) is 0 Å². The number of carbonyl (C=O) groups excluding carboxylic acids is 2. The van der Waals surface area contributed by atoms with Crippen LogP contribution in [0.5, 0.6) is 0 Å². The molecule has 1 atom stereocenters. The Morgan fingerprint density at radius 3 is 2.54 bits per heavy atom. The fourth-order valence-electron chi connectivity index (χ4n) is 2.11. The largest absolute Gasteiger partial charge is 0.449 e. The van der Waals surface area contributed by atoms with Crippen LogP contribution in [0.1, 0.15) is 18.1 Å². The Morgan fingerprint density at radius 2 is 1.88 bits per heavy atom. The minimum atomic E-state index is -0.895. The Bertz CT molecular complexity index is 790. The molecule has 0 aliphatic carbocycles. The molecular weight excluding hydrogens is 370 g/mol. The van der Waals surface area contributed by atoms with Crippen LogP contribution >= 0.6 is 23.4 Å². The third-order valence-electron chi connectivity index (χ3n) is 3.60. The summed E-state index contributed by atoms with van der Waals surface area (Å²) < 4.78 is 5.12. The molecule has 0 saturated carbocycles. The van der Waals surface area contributed by atoms with Gasteiger partial charge in [0.15, 0.2) is 6.10 Å². The maximum Gasteiger partial charge on any atom is 0.331 e. The number of rotatable bonds is 7. The van der Waals surface area contributed by atoms with Gasteiger partial charge >= 0.3 is 5.97 Å². The molecule has 0 heterocycles. The van der Waals surface area contributed by atoms with Crippen molar-refractivity contribution in [3.05, 3.63) is 70.8 Å². The van der Waals surface area contributed by atoms with Crippen LogP contribution in [0.25, 0.3) is 6.08 Å². The van der Waals surface area contributed by atoms with E-state index in [-0.39, 0.29) is 12.5 Å². The molecule has 1 amide bonds. The average Bonchev–Trinajstić information content (AvgIpc) is 2.65. The van der Waals surface area contributed by atoms with Crippen LogP contribution in [0, 0.1) is 0 Å². The monoisotopic (exact) mass is 389 g/mol. The Morgan fingerprint density at radius 1 is 1.19 bits per heavy atom. The highest BCUT2D eigenvalue weighted by Crippen LogP contribution is 2.16. The maximum atomic E-state index is 12.1. The lowest BCUT2D eigenvalue weighted by Gasteiger charge is -2.13. The summed E-state index contributed by atoms with van der Waals surface area (Å²) in [7, 11) is 0. The van der Waals surface area contributed by atoms with E-state index in [2.05, 4.69) is 5.32 Å². The quantitative estimate of drug-likeness (QED) is 0.435. The van der Waals surface area contributed by atoms with E-state index in [1.165, 1.54) is 13.0 Å². The first-order valence-corrected chi connectivity index (χ1v) is 9.63. The van der Waals surface area contributed by atoms with Crippen molar-refractivity contribution in [2.45, 2.75) is 24.5 Å². The Labute approximate surface area is 162 Å². The standard InChI is InChI=1S/C20H20ClNO3S/c1-14(20(24)22-13-16-5-3-4-6-18(16)21)25-19(23)12-9-15-7-10-17(26-2)11-8-15/h3-12,14H,13H2,1-2H3,(H,22,24)/b12-9+/t14-/m1/s1. The number of thioether (sulfide) groups is 1. The Balaban J connectivity index is 1.82. The Hall–Kier alpha value is -2.24. The molecule has 0 unspecified atom stereocenters. The van der Waals surface area contributed by atoms with Gasteiger partial charge in [0.2, 0.25) is 0 Å². The number of nitrogens with one attached hydrogen (secondary N) is 1. The molecule has 26 heavy (non-hydrogen) atoms. The van der Waals surface area contributed by atoms with Crippen LogP contribution in [0.3, 0.4) is 0 Å². The van der Waals surface area contributed by atoms with Crippen LogP contribution in [0.2, 0.25) is 5.02 Å². The van der Waals surface area contributed by atoms with Gasteiger partial charge in [-0.2, -0.15) is 0 Å². The molecule has 0 aromatic heterocycles. The SMILES string of the molecule is CSc1ccc(/C=C/C(=O)O[C@H](C)C(=O)NCc2ccccc2Cl)cc1. The second-order valence-electron chi connectivity index (χ2n) is 5.49. The van der Waals surface area contributed by atoms with Gasteiger partial charge in [-0.15, -0.1) is 11.8 Å². The molecule has 0 aliphatic rings. The second-order valence-corrected chi connectivity index (χ2v) is 6.78. The minimum Gasteiger partial charge on any atom is -0.449 e. The van der Waals surface area contributed by atoms with Crippen molar-refractivity contribution in [2.75, 3.05) is 6.26 Å². The zero-order valence-corrected chi connectivity index (χ0v) is 16.1. The first-order chi connectivity index (χ1) is 12.5. The second kappa shape index (κ2) is 10.0. The summed E-state index contributed by atoms with van der Waals surface area (Å²) in [6.07, 6.45) is 4.07. The highest BCUT2D eigenvalue weighted by atomic mass is 35.5. The molecule has 0 saturated heterocycles. The molecule has 2 rings (SSSR count). The molecule has 0 fully saturated rings. The number of benzene rings is 2. The van der Waals surface area contributed by atoms with Gasteiger partial charge in [0.1, 0.15) is 0 Å². The fourth-order valence-corrected chi connectivity index (χ4v) is 2.72. The number of ether oxygens (including phenoxy) is 1. The van der Waals surface area contributed by atoms with E-state index < -0.39 is 12.1 Å². The van der Waals surface area contributed by atoms with E-state index in [0.717, 1.165) is 16.0 Å². The lowest BCUT2D eigenvalue weighted by molar-refractivity contribution is -0.150. The van der Waals surface area contributed by atoms with Gasteiger partial charge in [-0.1, -0.05) is 41.9 Å². The van der Waals surface area contributed by atoms with Crippen molar-refractivity contribution in [3.63, 3.8) is 0 Å².